The van der Waals surface area contributed by atoms with Crippen LogP contribution < -0.4 is 5.32 Å². The monoisotopic (exact) mass is 308 g/mol. The second-order valence-electron chi connectivity index (χ2n) is 6.16. The Bertz CT molecular complexity index is 442. The first kappa shape index (κ1) is 15.3. The Kier molecular flexibility index (Phi) is 5.53. The molecule has 0 bridgehead atoms. The Morgan fingerprint density at radius 1 is 1.24 bits per heavy atom. The molecule has 4 heteroatoms. The third-order valence-electron chi connectivity index (χ3n) is 4.78. The lowest BCUT2D eigenvalue weighted by Gasteiger charge is -2.36. The predicted molar refractivity (Wildman–Crippen MR) is 87.0 cm³/mol. The highest BCUT2D eigenvalue weighted by Gasteiger charge is 2.27. The van der Waals surface area contributed by atoms with Gasteiger partial charge in [0.25, 0.3) is 0 Å². The number of hydrogen-bond acceptors (Lipinski definition) is 3. The van der Waals surface area contributed by atoms with E-state index in [2.05, 4.69) is 28.4 Å². The van der Waals surface area contributed by atoms with Crippen LogP contribution in [-0.4, -0.2) is 50.8 Å². The van der Waals surface area contributed by atoms with Crippen LogP contribution >= 0.6 is 11.6 Å². The third kappa shape index (κ3) is 4.19. The summed E-state index contributed by atoms with van der Waals surface area (Å²) in [6, 6.07) is 8.46. The highest BCUT2D eigenvalue weighted by Crippen LogP contribution is 2.34. The predicted octanol–water partition coefficient (Wildman–Crippen LogP) is 2.76. The zero-order chi connectivity index (χ0) is 14.5. The van der Waals surface area contributed by atoms with E-state index in [1.807, 2.05) is 6.07 Å². The molecule has 3 rings (SSSR count). The van der Waals surface area contributed by atoms with Gasteiger partial charge in [-0.2, -0.15) is 0 Å². The van der Waals surface area contributed by atoms with E-state index in [1.165, 1.54) is 18.4 Å². The number of ether oxygens (including phenoxy) is 1. The summed E-state index contributed by atoms with van der Waals surface area (Å²) < 4.78 is 5.55. The minimum Gasteiger partial charge on any atom is -0.381 e. The quantitative estimate of drug-likeness (QED) is 0.925. The second-order valence-corrected chi connectivity index (χ2v) is 6.60. The van der Waals surface area contributed by atoms with Crippen molar-refractivity contribution in [3.8, 4) is 0 Å². The van der Waals surface area contributed by atoms with Crippen LogP contribution in [0.5, 0.6) is 0 Å². The van der Waals surface area contributed by atoms with Crippen LogP contribution in [-0.2, 0) is 4.74 Å². The Balaban J connectivity index is 1.75. The van der Waals surface area contributed by atoms with E-state index in [0.717, 1.165) is 51.0 Å². The minimum atomic E-state index is 0.575. The van der Waals surface area contributed by atoms with Crippen molar-refractivity contribution in [1.29, 1.82) is 0 Å². The first-order valence-corrected chi connectivity index (χ1v) is 8.47. The molecule has 0 aliphatic carbocycles. The first-order valence-electron chi connectivity index (χ1n) is 8.09. The van der Waals surface area contributed by atoms with E-state index < -0.39 is 0 Å². The van der Waals surface area contributed by atoms with Crippen molar-refractivity contribution in [2.45, 2.75) is 18.8 Å². The summed E-state index contributed by atoms with van der Waals surface area (Å²) >= 11 is 6.22. The van der Waals surface area contributed by atoms with Gasteiger partial charge in [0.2, 0.25) is 0 Å². The molecular formula is C17H25ClN2O. The molecule has 2 fully saturated rings. The summed E-state index contributed by atoms with van der Waals surface area (Å²) in [6.45, 7) is 7.48. The molecule has 0 amide bonds. The third-order valence-corrected chi connectivity index (χ3v) is 5.01. The van der Waals surface area contributed by atoms with Crippen molar-refractivity contribution >= 4 is 11.6 Å². The average Bonchev–Trinajstić information content (AvgIpc) is 2.54. The normalized spacial score (nSPS) is 23.1. The first-order chi connectivity index (χ1) is 10.3. The molecule has 0 aromatic heterocycles. The fraction of sp³-hybridized carbons (Fsp3) is 0.647. The number of hydrogen-bond donors (Lipinski definition) is 1. The Morgan fingerprint density at radius 3 is 2.71 bits per heavy atom. The van der Waals surface area contributed by atoms with Crippen molar-refractivity contribution in [2.24, 2.45) is 5.92 Å². The molecule has 2 saturated heterocycles. The molecule has 0 radical (unpaired) electrons. The number of nitrogens with zero attached hydrogens (tertiary/aromatic N) is 1. The van der Waals surface area contributed by atoms with Gasteiger partial charge in [-0.3, -0.25) is 0 Å². The van der Waals surface area contributed by atoms with E-state index in [0.29, 0.717) is 11.8 Å². The Hall–Kier alpha value is -0.610. The number of halogens is 1. The molecule has 0 saturated carbocycles. The molecule has 1 aromatic rings. The number of rotatable bonds is 4. The summed E-state index contributed by atoms with van der Waals surface area (Å²) in [5, 5.41) is 4.29. The van der Waals surface area contributed by atoms with E-state index >= 15 is 0 Å². The topological polar surface area (TPSA) is 24.5 Å². The maximum atomic E-state index is 6.22. The van der Waals surface area contributed by atoms with Gasteiger partial charge in [-0.15, -0.1) is 0 Å². The second kappa shape index (κ2) is 7.59. The van der Waals surface area contributed by atoms with Gasteiger partial charge in [-0.05, 0) is 42.4 Å². The molecule has 0 spiro atoms. The van der Waals surface area contributed by atoms with Crippen molar-refractivity contribution in [3.05, 3.63) is 34.9 Å². The van der Waals surface area contributed by atoms with E-state index in [9.17, 15) is 0 Å². The largest absolute Gasteiger partial charge is 0.381 e. The van der Waals surface area contributed by atoms with Gasteiger partial charge in [0, 0.05) is 51.0 Å². The molecule has 3 nitrogen and oxygen atoms in total. The van der Waals surface area contributed by atoms with Crippen molar-refractivity contribution in [1.82, 2.24) is 10.2 Å². The number of piperazine rings is 1. The maximum Gasteiger partial charge on any atom is 0.0468 e. The fourth-order valence-electron chi connectivity index (χ4n) is 3.55. The highest BCUT2D eigenvalue weighted by molar-refractivity contribution is 6.30. The summed E-state index contributed by atoms with van der Waals surface area (Å²) in [4.78, 5) is 2.59. The van der Waals surface area contributed by atoms with E-state index in [1.54, 1.807) is 0 Å². The van der Waals surface area contributed by atoms with Crippen LogP contribution in [0.3, 0.4) is 0 Å². The number of nitrogens with one attached hydrogen (secondary N) is 1. The lowest BCUT2D eigenvalue weighted by atomic mass is 9.81. The summed E-state index contributed by atoms with van der Waals surface area (Å²) in [5.41, 5.74) is 1.40. The highest BCUT2D eigenvalue weighted by atomic mass is 35.5. The van der Waals surface area contributed by atoms with Crippen molar-refractivity contribution in [2.75, 3.05) is 45.9 Å². The minimum absolute atomic E-state index is 0.575. The van der Waals surface area contributed by atoms with Crippen LogP contribution in [0.4, 0.5) is 0 Å². The van der Waals surface area contributed by atoms with Crippen LogP contribution in [0, 0.1) is 5.92 Å². The van der Waals surface area contributed by atoms with Crippen molar-refractivity contribution in [3.63, 3.8) is 0 Å². The van der Waals surface area contributed by atoms with Gasteiger partial charge in [0.1, 0.15) is 0 Å². The molecule has 2 heterocycles. The summed E-state index contributed by atoms with van der Waals surface area (Å²) in [7, 11) is 0. The van der Waals surface area contributed by atoms with Gasteiger partial charge in [-0.25, -0.2) is 0 Å². The zero-order valence-electron chi connectivity index (χ0n) is 12.6. The van der Waals surface area contributed by atoms with Gasteiger partial charge in [-0.1, -0.05) is 23.7 Å². The van der Waals surface area contributed by atoms with Crippen LogP contribution in [0.1, 0.15) is 24.3 Å². The molecule has 116 valence electrons. The summed E-state index contributed by atoms with van der Waals surface area (Å²) in [5.74, 6) is 1.29. The number of benzene rings is 1. The lowest BCUT2D eigenvalue weighted by molar-refractivity contribution is 0.0515. The SMILES string of the molecule is Clc1cccc(C(CN2CCNCC2)C2CCOCC2)c1. The molecule has 2 aliphatic rings. The molecule has 1 unspecified atom stereocenters. The maximum absolute atomic E-state index is 6.22. The fourth-order valence-corrected chi connectivity index (χ4v) is 3.75. The van der Waals surface area contributed by atoms with E-state index in [4.69, 9.17) is 16.3 Å². The van der Waals surface area contributed by atoms with Crippen molar-refractivity contribution < 1.29 is 4.74 Å². The van der Waals surface area contributed by atoms with Crippen LogP contribution in [0.2, 0.25) is 5.02 Å². The smallest absolute Gasteiger partial charge is 0.0468 e. The molecule has 21 heavy (non-hydrogen) atoms. The Morgan fingerprint density at radius 2 is 2.00 bits per heavy atom. The zero-order valence-corrected chi connectivity index (χ0v) is 13.3. The molecule has 1 aromatic carbocycles. The standard InChI is InChI=1S/C17H25ClN2O/c18-16-3-1-2-15(12-16)17(14-4-10-21-11-5-14)13-20-8-6-19-7-9-20/h1-3,12,14,17,19H,4-11,13H2. The van der Waals surface area contributed by atoms with Gasteiger partial charge < -0.3 is 15.0 Å². The molecule has 1 N–H and O–H groups in total. The molecule has 1 atom stereocenters. The van der Waals surface area contributed by atoms with Gasteiger partial charge in [0.05, 0.1) is 0 Å². The lowest BCUT2D eigenvalue weighted by Crippen LogP contribution is -2.46. The molecular weight excluding hydrogens is 284 g/mol. The van der Waals surface area contributed by atoms with E-state index in [-0.39, 0.29) is 0 Å². The average molecular weight is 309 g/mol. The van der Waals surface area contributed by atoms with Gasteiger partial charge >= 0.3 is 0 Å². The molecule has 2 aliphatic heterocycles. The van der Waals surface area contributed by atoms with Crippen LogP contribution in [0.15, 0.2) is 24.3 Å². The van der Waals surface area contributed by atoms with Crippen LogP contribution in [0.25, 0.3) is 0 Å². The summed E-state index contributed by atoms with van der Waals surface area (Å²) in [6.07, 6.45) is 2.34. The van der Waals surface area contributed by atoms with Gasteiger partial charge in [0.15, 0.2) is 0 Å². The Labute approximate surface area is 132 Å².